The predicted octanol–water partition coefficient (Wildman–Crippen LogP) is 4.44. The number of rotatable bonds is 3. The van der Waals surface area contributed by atoms with Gasteiger partial charge in [0.25, 0.3) is 0 Å². The first-order chi connectivity index (χ1) is 12.9. The number of aromatic nitrogens is 1. The van der Waals surface area contributed by atoms with Gasteiger partial charge in [-0.05, 0) is 0 Å². The Bertz CT molecular complexity index is 1190. The van der Waals surface area contributed by atoms with Crippen LogP contribution in [0.25, 0.3) is 27.5 Å². The summed E-state index contributed by atoms with van der Waals surface area (Å²) in [5.41, 5.74) is 3.75. The zero-order valence-electron chi connectivity index (χ0n) is 14.2. The van der Waals surface area contributed by atoms with Gasteiger partial charge in [0, 0.05) is 0 Å². The number of fused-ring (bicyclic) bond motifs is 3. The summed E-state index contributed by atoms with van der Waals surface area (Å²) in [6.07, 6.45) is 0. The van der Waals surface area contributed by atoms with Crippen LogP contribution in [0.15, 0.2) is 103 Å². The van der Waals surface area contributed by atoms with E-state index in [-0.39, 0.29) is 15.8 Å². The Morgan fingerprint density at radius 1 is 0.500 bits per heavy atom. The monoisotopic (exact) mass is 394 g/mol. The third-order valence-electron chi connectivity index (χ3n) is 4.68. The summed E-state index contributed by atoms with van der Waals surface area (Å²) >= 11 is 0.00723. The summed E-state index contributed by atoms with van der Waals surface area (Å²) in [4.78, 5) is 0. The summed E-state index contributed by atoms with van der Waals surface area (Å²) in [5, 5.41) is 2.66. The van der Waals surface area contributed by atoms with Crippen molar-refractivity contribution in [3.8, 4) is 5.69 Å². The van der Waals surface area contributed by atoms with Crippen molar-refractivity contribution in [1.29, 1.82) is 0 Å². The minimum absolute atomic E-state index is 0.00723. The van der Waals surface area contributed by atoms with Crippen LogP contribution >= 0.6 is 0 Å². The molecule has 2 heteroatoms. The second-order valence-electron chi connectivity index (χ2n) is 6.34. The molecule has 0 bridgehead atoms. The third kappa shape index (κ3) is 2.66. The number of hydrogen-bond acceptors (Lipinski definition) is 0. The zero-order valence-corrected chi connectivity index (χ0v) is 16.1. The van der Waals surface area contributed by atoms with Crippen molar-refractivity contribution < 1.29 is 0 Å². The van der Waals surface area contributed by atoms with Crippen molar-refractivity contribution in [2.45, 2.75) is 0 Å². The molecule has 0 N–H and O–H groups in total. The summed E-state index contributed by atoms with van der Waals surface area (Å²) in [5.74, 6) is 0. The van der Waals surface area contributed by atoms with E-state index in [1.165, 1.54) is 36.2 Å². The molecule has 0 atom stereocenters. The molecule has 4 aromatic carbocycles. The van der Waals surface area contributed by atoms with Gasteiger partial charge in [-0.15, -0.1) is 0 Å². The topological polar surface area (TPSA) is 4.93 Å². The Balaban J connectivity index is 1.73. The quantitative estimate of drug-likeness (QED) is 0.399. The average Bonchev–Trinajstić information content (AvgIpc) is 3.03. The molecule has 5 aromatic rings. The Hall–Kier alpha value is -2.76. The molecule has 5 rings (SSSR count). The average molecular weight is 394 g/mol. The van der Waals surface area contributed by atoms with Gasteiger partial charge >= 0.3 is 160 Å². The second-order valence-corrected chi connectivity index (χ2v) is 8.97. The molecule has 0 aliphatic heterocycles. The van der Waals surface area contributed by atoms with Gasteiger partial charge in [-0.1, -0.05) is 0 Å². The van der Waals surface area contributed by atoms with E-state index in [1.807, 2.05) is 0 Å². The third-order valence-corrected chi connectivity index (χ3v) is 6.98. The molecular formula is C24H17AsN. The van der Waals surface area contributed by atoms with E-state index >= 15 is 0 Å². The normalized spacial score (nSPS) is 11.7. The number of hydrogen-bond donors (Lipinski definition) is 0. The first-order valence-corrected chi connectivity index (χ1v) is 10.6. The van der Waals surface area contributed by atoms with E-state index < -0.39 is 0 Å². The standard InChI is InChI=1S/C24H17AsN/c1-3-9-18(10-4-1)25-19-15-16-24-22(17-19)21-13-7-8-14-23(21)26(24)20-11-5-2-6-12-20/h1-17H. The molecule has 0 spiro atoms. The van der Waals surface area contributed by atoms with E-state index in [4.69, 9.17) is 0 Å². The SMILES string of the molecule is c1ccc([As]c2ccc3c(c2)c2ccccc2n3-c2ccccc2)cc1. The summed E-state index contributed by atoms with van der Waals surface area (Å²) in [6.45, 7) is 0. The Morgan fingerprint density at radius 2 is 1.15 bits per heavy atom. The molecule has 0 aliphatic carbocycles. The Kier molecular flexibility index (Phi) is 3.88. The molecule has 0 saturated carbocycles. The van der Waals surface area contributed by atoms with Crippen LogP contribution in [-0.2, 0) is 0 Å². The van der Waals surface area contributed by atoms with Crippen LogP contribution in [0.4, 0.5) is 0 Å². The molecule has 0 saturated heterocycles. The van der Waals surface area contributed by atoms with Gasteiger partial charge in [0.2, 0.25) is 0 Å². The zero-order chi connectivity index (χ0) is 17.3. The Labute approximate surface area is 159 Å². The van der Waals surface area contributed by atoms with Crippen molar-refractivity contribution >= 4 is 46.3 Å². The maximum absolute atomic E-state index is 2.39. The predicted molar refractivity (Wildman–Crippen MR) is 112 cm³/mol. The number of para-hydroxylation sites is 2. The molecular weight excluding hydrogens is 377 g/mol. The number of benzene rings is 4. The summed E-state index contributed by atoms with van der Waals surface area (Å²) < 4.78 is 5.25. The van der Waals surface area contributed by atoms with Crippen molar-refractivity contribution in [2.75, 3.05) is 0 Å². The summed E-state index contributed by atoms with van der Waals surface area (Å²) in [6, 6.07) is 37.1. The fourth-order valence-electron chi connectivity index (χ4n) is 3.54. The van der Waals surface area contributed by atoms with Gasteiger partial charge in [0.05, 0.1) is 0 Å². The van der Waals surface area contributed by atoms with Gasteiger partial charge in [-0.2, -0.15) is 0 Å². The molecule has 0 amide bonds. The molecule has 1 aromatic heterocycles. The molecule has 0 fully saturated rings. The van der Waals surface area contributed by atoms with E-state index in [0.717, 1.165) is 0 Å². The molecule has 1 heterocycles. The van der Waals surface area contributed by atoms with Crippen LogP contribution in [0.2, 0.25) is 0 Å². The maximum atomic E-state index is 2.39. The van der Waals surface area contributed by atoms with Crippen LogP contribution in [0.3, 0.4) is 0 Å². The van der Waals surface area contributed by atoms with Gasteiger partial charge in [-0.25, -0.2) is 0 Å². The van der Waals surface area contributed by atoms with Gasteiger partial charge in [0.15, 0.2) is 0 Å². The van der Waals surface area contributed by atoms with Crippen molar-refractivity contribution in [1.82, 2.24) is 4.57 Å². The van der Waals surface area contributed by atoms with Crippen LogP contribution in [-0.4, -0.2) is 20.3 Å². The molecule has 26 heavy (non-hydrogen) atoms. The van der Waals surface area contributed by atoms with Crippen LogP contribution in [0.5, 0.6) is 0 Å². The van der Waals surface area contributed by atoms with Crippen molar-refractivity contribution in [2.24, 2.45) is 0 Å². The fraction of sp³-hybridized carbons (Fsp3) is 0. The van der Waals surface area contributed by atoms with E-state index in [9.17, 15) is 0 Å². The molecule has 1 nitrogen and oxygen atoms in total. The van der Waals surface area contributed by atoms with E-state index in [0.29, 0.717) is 0 Å². The van der Waals surface area contributed by atoms with E-state index in [1.54, 1.807) is 0 Å². The molecule has 0 aliphatic rings. The molecule has 0 unspecified atom stereocenters. The first-order valence-electron chi connectivity index (χ1n) is 8.75. The van der Waals surface area contributed by atoms with E-state index in [2.05, 4.69) is 108 Å². The van der Waals surface area contributed by atoms with Gasteiger partial charge in [0.1, 0.15) is 0 Å². The van der Waals surface area contributed by atoms with Crippen molar-refractivity contribution in [3.63, 3.8) is 0 Å². The first kappa shape index (κ1) is 15.5. The van der Waals surface area contributed by atoms with Gasteiger partial charge < -0.3 is 0 Å². The van der Waals surface area contributed by atoms with Crippen LogP contribution < -0.4 is 8.70 Å². The van der Waals surface area contributed by atoms with Gasteiger partial charge in [-0.3, -0.25) is 0 Å². The molecule has 123 valence electrons. The number of nitrogens with zero attached hydrogens (tertiary/aromatic N) is 1. The molecule has 1 radical (unpaired) electrons. The van der Waals surface area contributed by atoms with Crippen LogP contribution in [0.1, 0.15) is 0 Å². The van der Waals surface area contributed by atoms with Crippen molar-refractivity contribution in [3.05, 3.63) is 103 Å². The summed E-state index contributed by atoms with van der Waals surface area (Å²) in [7, 11) is 0. The Morgan fingerprint density at radius 3 is 1.96 bits per heavy atom. The van der Waals surface area contributed by atoms with Crippen LogP contribution in [0, 0.1) is 0 Å². The second kappa shape index (κ2) is 6.52. The fourth-order valence-corrected chi connectivity index (χ4v) is 5.56. The minimum atomic E-state index is 0.00723.